The molecule has 232 valence electrons. The molecule has 1 heterocycles. The number of alkyl carbamates (subject to hydrolysis) is 1. The minimum Gasteiger partial charge on any atom is -0.496 e. The Balaban J connectivity index is 1.16. The van der Waals surface area contributed by atoms with Gasteiger partial charge in [-0.15, -0.1) is 0 Å². The Labute approximate surface area is 254 Å². The van der Waals surface area contributed by atoms with Crippen LogP contribution in [0.2, 0.25) is 0 Å². The van der Waals surface area contributed by atoms with E-state index < -0.39 is 6.09 Å². The Morgan fingerprint density at radius 2 is 1.63 bits per heavy atom. The zero-order chi connectivity index (χ0) is 30.1. The van der Waals surface area contributed by atoms with E-state index in [0.29, 0.717) is 51.9 Å². The van der Waals surface area contributed by atoms with Gasteiger partial charge in [-0.2, -0.15) is 0 Å². The maximum Gasteiger partial charge on any atom is 0.406 e. The number of methoxy groups -OCH3 is 2. The highest BCUT2D eigenvalue weighted by Gasteiger charge is 2.27. The van der Waals surface area contributed by atoms with Crippen molar-refractivity contribution in [2.24, 2.45) is 0 Å². The summed E-state index contributed by atoms with van der Waals surface area (Å²) in [6.07, 6.45) is 2.08. The zero-order valence-corrected chi connectivity index (χ0v) is 25.2. The van der Waals surface area contributed by atoms with Crippen LogP contribution < -0.4 is 24.8 Å². The molecule has 0 spiro atoms. The van der Waals surface area contributed by atoms with Crippen LogP contribution in [0.5, 0.6) is 17.2 Å². The molecule has 3 aromatic carbocycles. The summed E-state index contributed by atoms with van der Waals surface area (Å²) < 4.78 is 34.1. The van der Waals surface area contributed by atoms with E-state index in [0.717, 1.165) is 54.3 Å². The molecule has 1 amide bonds. The first-order valence-corrected chi connectivity index (χ1v) is 14.9. The van der Waals surface area contributed by atoms with Gasteiger partial charge >= 0.3 is 6.09 Å². The third-order valence-electron chi connectivity index (χ3n) is 7.38. The van der Waals surface area contributed by atoms with Gasteiger partial charge in [0.05, 0.1) is 46.8 Å². The van der Waals surface area contributed by atoms with Gasteiger partial charge in [0, 0.05) is 31.0 Å². The lowest BCUT2D eigenvalue weighted by Gasteiger charge is -2.32. The molecule has 9 heteroatoms. The summed E-state index contributed by atoms with van der Waals surface area (Å²) in [5.74, 6) is 2.80. The van der Waals surface area contributed by atoms with E-state index in [1.807, 2.05) is 60.7 Å². The third-order valence-corrected chi connectivity index (χ3v) is 7.38. The fourth-order valence-corrected chi connectivity index (χ4v) is 5.13. The van der Waals surface area contributed by atoms with Crippen molar-refractivity contribution in [2.45, 2.75) is 37.9 Å². The van der Waals surface area contributed by atoms with Crippen molar-refractivity contribution >= 4 is 6.09 Å². The van der Waals surface area contributed by atoms with Gasteiger partial charge in [-0.05, 0) is 54.8 Å². The molecule has 0 bridgehead atoms. The maximum absolute atomic E-state index is 11.3. The van der Waals surface area contributed by atoms with Gasteiger partial charge in [0.25, 0.3) is 0 Å². The lowest BCUT2D eigenvalue weighted by Crippen LogP contribution is -2.41. The zero-order valence-electron chi connectivity index (χ0n) is 25.2. The summed E-state index contributed by atoms with van der Waals surface area (Å²) in [4.78, 5) is 11.3. The number of nitrogens with one attached hydrogen (secondary N) is 2. The second kappa shape index (κ2) is 18.0. The second-order valence-electron chi connectivity index (χ2n) is 10.3. The van der Waals surface area contributed by atoms with E-state index in [1.54, 1.807) is 7.11 Å². The predicted octanol–water partition coefficient (Wildman–Crippen LogP) is 5.12. The van der Waals surface area contributed by atoms with Crippen LogP contribution >= 0.6 is 0 Å². The highest BCUT2D eigenvalue weighted by atomic mass is 16.5. The molecule has 1 saturated heterocycles. The van der Waals surface area contributed by atoms with E-state index in [9.17, 15) is 4.79 Å². The number of carbonyl (C=O) groups is 1. The summed E-state index contributed by atoms with van der Waals surface area (Å²) >= 11 is 0. The molecule has 0 saturated carbocycles. The topological polar surface area (TPSA) is 96.5 Å². The fourth-order valence-electron chi connectivity index (χ4n) is 5.13. The Morgan fingerprint density at radius 3 is 2.42 bits per heavy atom. The number of piperidine rings is 1. The number of ether oxygens (including phenoxy) is 6. The van der Waals surface area contributed by atoms with Crippen molar-refractivity contribution in [1.82, 2.24) is 10.6 Å². The van der Waals surface area contributed by atoms with E-state index in [4.69, 9.17) is 23.7 Å². The smallest absolute Gasteiger partial charge is 0.406 e. The molecule has 0 aliphatic carbocycles. The van der Waals surface area contributed by atoms with Gasteiger partial charge in [-0.25, -0.2) is 4.79 Å². The number of rotatable bonds is 17. The highest BCUT2D eigenvalue weighted by molar-refractivity contribution is 5.66. The van der Waals surface area contributed by atoms with Crippen LogP contribution in [0, 0.1) is 0 Å². The summed E-state index contributed by atoms with van der Waals surface area (Å²) in [5.41, 5.74) is 3.32. The molecule has 9 nitrogen and oxygen atoms in total. The van der Waals surface area contributed by atoms with Crippen LogP contribution in [0.4, 0.5) is 4.79 Å². The molecule has 2 atom stereocenters. The monoisotopic (exact) mass is 592 g/mol. The van der Waals surface area contributed by atoms with Gasteiger partial charge < -0.3 is 39.1 Å². The van der Waals surface area contributed by atoms with Crippen molar-refractivity contribution in [3.63, 3.8) is 0 Å². The van der Waals surface area contributed by atoms with Crippen LogP contribution in [0.1, 0.15) is 35.4 Å². The molecular formula is C34H44N2O7. The Hall–Kier alpha value is -3.79. The molecule has 1 fully saturated rings. The van der Waals surface area contributed by atoms with Crippen molar-refractivity contribution in [3.8, 4) is 17.2 Å². The Kier molecular flexibility index (Phi) is 13.5. The van der Waals surface area contributed by atoms with Crippen LogP contribution in [0.3, 0.4) is 0 Å². The third kappa shape index (κ3) is 10.5. The Morgan fingerprint density at radius 1 is 0.860 bits per heavy atom. The molecular weight excluding hydrogens is 548 g/mol. The normalized spacial score (nSPS) is 16.3. The van der Waals surface area contributed by atoms with Crippen molar-refractivity contribution in [3.05, 3.63) is 89.5 Å². The van der Waals surface area contributed by atoms with Crippen molar-refractivity contribution in [2.75, 3.05) is 60.3 Å². The molecule has 0 aromatic heterocycles. The molecule has 2 N–H and O–H groups in total. The van der Waals surface area contributed by atoms with Crippen LogP contribution in [-0.2, 0) is 27.2 Å². The average Bonchev–Trinajstić information content (AvgIpc) is 3.06. The SMILES string of the molecule is COC(=O)NCCc1ccccc1OCCOC1CNCCC1c1ccc(OCCCOCc2ccccc2OC)cc1. The number of hydrogen-bond donors (Lipinski definition) is 2. The first kappa shape index (κ1) is 32.1. The van der Waals surface area contributed by atoms with E-state index in [2.05, 4.69) is 27.5 Å². The quantitative estimate of drug-likeness (QED) is 0.209. The molecule has 1 aliphatic rings. The van der Waals surface area contributed by atoms with Gasteiger partial charge in [0.1, 0.15) is 23.9 Å². The summed E-state index contributed by atoms with van der Waals surface area (Å²) in [5, 5.41) is 6.16. The number of benzene rings is 3. The Bertz CT molecular complexity index is 1240. The van der Waals surface area contributed by atoms with Crippen LogP contribution in [0.15, 0.2) is 72.8 Å². The van der Waals surface area contributed by atoms with Gasteiger partial charge in [0.15, 0.2) is 0 Å². The van der Waals surface area contributed by atoms with Crippen LogP contribution in [-0.4, -0.2) is 72.5 Å². The van der Waals surface area contributed by atoms with E-state index in [-0.39, 0.29) is 6.10 Å². The molecule has 3 aromatic rings. The van der Waals surface area contributed by atoms with E-state index in [1.165, 1.54) is 12.7 Å². The highest BCUT2D eigenvalue weighted by Crippen LogP contribution is 2.29. The second-order valence-corrected chi connectivity index (χ2v) is 10.3. The fraction of sp³-hybridized carbons (Fsp3) is 0.441. The molecule has 43 heavy (non-hydrogen) atoms. The molecule has 0 radical (unpaired) electrons. The number of hydrogen-bond acceptors (Lipinski definition) is 8. The predicted molar refractivity (Wildman–Crippen MR) is 165 cm³/mol. The largest absolute Gasteiger partial charge is 0.496 e. The number of amides is 1. The van der Waals surface area contributed by atoms with Crippen molar-refractivity contribution in [1.29, 1.82) is 0 Å². The summed E-state index contributed by atoms with van der Waals surface area (Å²) in [6, 6.07) is 24.1. The minimum atomic E-state index is -0.438. The average molecular weight is 593 g/mol. The number of carbonyl (C=O) groups excluding carboxylic acids is 1. The molecule has 4 rings (SSSR count). The lowest BCUT2D eigenvalue weighted by atomic mass is 9.88. The first-order chi connectivity index (χ1) is 21.2. The standard InChI is InChI=1S/C34H44N2O7/c1-38-31-10-5-4-9-28(31)25-40-20-7-21-41-29-14-12-26(13-15-29)30-17-18-35-24-33(30)43-23-22-42-32-11-6-3-8-27(32)16-19-36-34(37)39-2/h3-6,8-15,30,33,35H,7,16-25H2,1-2H3,(H,36,37). The van der Waals surface area contributed by atoms with Gasteiger partial charge in [0.2, 0.25) is 0 Å². The number of para-hydroxylation sites is 2. The minimum absolute atomic E-state index is 0.0593. The maximum atomic E-state index is 11.3. The van der Waals surface area contributed by atoms with Gasteiger partial charge in [-0.3, -0.25) is 0 Å². The summed E-state index contributed by atoms with van der Waals surface area (Å²) in [6.45, 7) is 4.89. The van der Waals surface area contributed by atoms with E-state index >= 15 is 0 Å². The lowest BCUT2D eigenvalue weighted by molar-refractivity contribution is 0.00721. The first-order valence-electron chi connectivity index (χ1n) is 14.9. The summed E-state index contributed by atoms with van der Waals surface area (Å²) in [7, 11) is 3.03. The molecule has 1 aliphatic heterocycles. The van der Waals surface area contributed by atoms with Crippen LogP contribution in [0.25, 0.3) is 0 Å². The molecule has 2 unspecified atom stereocenters. The van der Waals surface area contributed by atoms with Crippen molar-refractivity contribution < 1.29 is 33.2 Å². The van der Waals surface area contributed by atoms with Gasteiger partial charge in [-0.1, -0.05) is 48.5 Å².